The molecule has 2 aromatic rings. The van der Waals surface area contributed by atoms with E-state index in [1.807, 2.05) is 0 Å². The molecule has 0 aliphatic carbocycles. The summed E-state index contributed by atoms with van der Waals surface area (Å²) < 4.78 is 38.4. The molecule has 0 aliphatic rings. The maximum Gasteiger partial charge on any atom is 0.455 e. The fourth-order valence-corrected chi connectivity index (χ4v) is 2.17. The Kier molecular flexibility index (Phi) is 4.08. The van der Waals surface area contributed by atoms with E-state index < -0.39 is 23.1 Å². The van der Waals surface area contributed by atoms with Crippen LogP contribution in [0, 0.1) is 0 Å². The Labute approximate surface area is 130 Å². The highest BCUT2D eigenvalue weighted by Crippen LogP contribution is 2.33. The van der Waals surface area contributed by atoms with E-state index in [2.05, 4.69) is 10.3 Å². The zero-order valence-electron chi connectivity index (χ0n) is 12.2. The van der Waals surface area contributed by atoms with Crippen LogP contribution in [0.2, 0.25) is 5.02 Å². The average molecular weight is 331 g/mol. The molecule has 118 valence electrons. The molecular weight excluding hydrogens is 317 g/mol. The van der Waals surface area contributed by atoms with Gasteiger partial charge in [-0.1, -0.05) is 11.6 Å². The Hall–Kier alpha value is -1.82. The van der Waals surface area contributed by atoms with Crippen LogP contribution < -0.4 is 5.32 Å². The van der Waals surface area contributed by atoms with Crippen LogP contribution in [0.4, 0.5) is 18.9 Å². The Morgan fingerprint density at radius 3 is 2.41 bits per heavy atom. The van der Waals surface area contributed by atoms with Crippen LogP contribution in [0.1, 0.15) is 31.1 Å². The van der Waals surface area contributed by atoms with Gasteiger partial charge in [-0.25, -0.2) is 0 Å². The van der Waals surface area contributed by atoms with Gasteiger partial charge in [-0.2, -0.15) is 13.2 Å². The molecule has 0 atom stereocenters. The fourth-order valence-electron chi connectivity index (χ4n) is 2.00. The van der Waals surface area contributed by atoms with Gasteiger partial charge in [0, 0.05) is 22.1 Å². The normalized spacial score (nSPS) is 12.5. The molecule has 0 unspecified atom stereocenters. The summed E-state index contributed by atoms with van der Waals surface area (Å²) in [6.07, 6.45) is -4.03. The number of nitrogens with zero attached hydrogens (tertiary/aromatic N) is 1. The summed E-state index contributed by atoms with van der Waals surface area (Å²) in [5.74, 6) is -1.93. The standard InChI is InChI=1S/C15H14ClF3N2O/c1-14(2,3)21-12-9-5-4-8(16)6-11(9)20-7-10(12)13(22)15(17,18)19/h4-7H,1-3H3,(H,20,21). The van der Waals surface area contributed by atoms with Crippen LogP contribution in [0.15, 0.2) is 24.4 Å². The molecule has 1 heterocycles. The van der Waals surface area contributed by atoms with Crippen molar-refractivity contribution >= 4 is 34.0 Å². The number of hydrogen-bond donors (Lipinski definition) is 1. The van der Waals surface area contributed by atoms with Crippen LogP contribution in [0.3, 0.4) is 0 Å². The molecule has 3 nitrogen and oxygen atoms in total. The van der Waals surface area contributed by atoms with E-state index in [4.69, 9.17) is 11.6 Å². The number of aromatic nitrogens is 1. The first-order valence-corrected chi connectivity index (χ1v) is 6.85. The summed E-state index contributed by atoms with van der Waals surface area (Å²) in [5, 5.41) is 3.79. The van der Waals surface area contributed by atoms with E-state index in [9.17, 15) is 18.0 Å². The molecule has 0 fully saturated rings. The first-order valence-electron chi connectivity index (χ1n) is 6.47. The van der Waals surface area contributed by atoms with E-state index >= 15 is 0 Å². The van der Waals surface area contributed by atoms with Gasteiger partial charge in [0.2, 0.25) is 0 Å². The number of Topliss-reactive ketones (excluding diaryl/α,β-unsaturated/α-hetero) is 1. The monoisotopic (exact) mass is 330 g/mol. The zero-order chi connectivity index (χ0) is 16.7. The van der Waals surface area contributed by atoms with E-state index in [0.717, 1.165) is 6.20 Å². The predicted molar refractivity (Wildman–Crippen MR) is 80.5 cm³/mol. The molecular formula is C15H14ClF3N2O. The van der Waals surface area contributed by atoms with Gasteiger partial charge >= 0.3 is 6.18 Å². The van der Waals surface area contributed by atoms with Gasteiger partial charge in [0.15, 0.2) is 0 Å². The molecule has 2 rings (SSSR count). The van der Waals surface area contributed by atoms with Gasteiger partial charge in [0.25, 0.3) is 5.78 Å². The summed E-state index contributed by atoms with van der Waals surface area (Å²) in [6.45, 7) is 5.37. The van der Waals surface area contributed by atoms with E-state index in [0.29, 0.717) is 15.9 Å². The van der Waals surface area contributed by atoms with Crippen molar-refractivity contribution in [1.29, 1.82) is 0 Å². The van der Waals surface area contributed by atoms with Gasteiger partial charge < -0.3 is 5.32 Å². The van der Waals surface area contributed by atoms with E-state index in [-0.39, 0.29) is 5.69 Å². The highest BCUT2D eigenvalue weighted by molar-refractivity contribution is 6.31. The lowest BCUT2D eigenvalue weighted by Gasteiger charge is -2.25. The largest absolute Gasteiger partial charge is 0.455 e. The lowest BCUT2D eigenvalue weighted by atomic mass is 10.0. The number of fused-ring (bicyclic) bond motifs is 1. The van der Waals surface area contributed by atoms with Crippen molar-refractivity contribution in [2.24, 2.45) is 0 Å². The highest BCUT2D eigenvalue weighted by Gasteiger charge is 2.41. The molecule has 0 saturated heterocycles. The Morgan fingerprint density at radius 1 is 1.23 bits per heavy atom. The summed E-state index contributed by atoms with van der Waals surface area (Å²) in [5.41, 5.74) is -0.513. The summed E-state index contributed by atoms with van der Waals surface area (Å²) in [7, 11) is 0. The molecule has 0 amide bonds. The molecule has 0 aliphatic heterocycles. The fraction of sp³-hybridized carbons (Fsp3) is 0.333. The molecule has 1 aromatic carbocycles. The molecule has 22 heavy (non-hydrogen) atoms. The van der Waals surface area contributed by atoms with Gasteiger partial charge in [-0.15, -0.1) is 0 Å². The molecule has 1 N–H and O–H groups in total. The predicted octanol–water partition coefficient (Wildman–Crippen LogP) is 4.84. The van der Waals surface area contributed by atoms with Crippen molar-refractivity contribution in [3.05, 3.63) is 35.0 Å². The number of rotatable bonds is 2. The smallest absolute Gasteiger partial charge is 0.379 e. The van der Waals surface area contributed by atoms with Crippen LogP contribution >= 0.6 is 11.6 Å². The van der Waals surface area contributed by atoms with Crippen LogP contribution in [-0.2, 0) is 0 Å². The minimum Gasteiger partial charge on any atom is -0.379 e. The number of nitrogens with one attached hydrogen (secondary N) is 1. The minimum atomic E-state index is -4.96. The molecule has 7 heteroatoms. The molecule has 0 spiro atoms. The molecule has 0 radical (unpaired) electrons. The second-order valence-electron chi connectivity index (χ2n) is 5.91. The van der Waals surface area contributed by atoms with Crippen molar-refractivity contribution in [1.82, 2.24) is 4.98 Å². The second kappa shape index (κ2) is 5.43. The number of alkyl halides is 3. The number of carbonyl (C=O) groups excluding carboxylic acids is 1. The van der Waals surface area contributed by atoms with Crippen LogP contribution in [0.25, 0.3) is 10.9 Å². The molecule has 0 bridgehead atoms. The third kappa shape index (κ3) is 3.50. The maximum atomic E-state index is 12.8. The van der Waals surface area contributed by atoms with Crippen LogP contribution in [0.5, 0.6) is 0 Å². The minimum absolute atomic E-state index is 0.108. The molecule has 1 aromatic heterocycles. The van der Waals surface area contributed by atoms with Gasteiger partial charge in [0.05, 0.1) is 16.8 Å². The van der Waals surface area contributed by atoms with E-state index in [1.54, 1.807) is 32.9 Å². The lowest BCUT2D eigenvalue weighted by molar-refractivity contribution is -0.0884. The van der Waals surface area contributed by atoms with E-state index in [1.165, 1.54) is 6.07 Å². The maximum absolute atomic E-state index is 12.8. The summed E-state index contributed by atoms with van der Waals surface area (Å²) in [4.78, 5) is 15.6. The number of anilines is 1. The quantitative estimate of drug-likeness (QED) is 0.801. The first kappa shape index (κ1) is 16.5. The van der Waals surface area contributed by atoms with Gasteiger partial charge in [-0.05, 0) is 39.0 Å². The topological polar surface area (TPSA) is 42.0 Å². The van der Waals surface area contributed by atoms with Crippen molar-refractivity contribution < 1.29 is 18.0 Å². The Morgan fingerprint density at radius 2 is 1.86 bits per heavy atom. The number of ketones is 1. The van der Waals surface area contributed by atoms with Gasteiger partial charge in [-0.3, -0.25) is 9.78 Å². The highest BCUT2D eigenvalue weighted by atomic mass is 35.5. The first-order chi connectivity index (χ1) is 9.99. The summed E-state index contributed by atoms with van der Waals surface area (Å²) >= 11 is 5.87. The SMILES string of the molecule is CC(C)(C)Nc1c(C(=O)C(F)(F)F)cnc2cc(Cl)ccc12. The van der Waals surface area contributed by atoms with Crippen molar-refractivity contribution in [3.8, 4) is 0 Å². The second-order valence-corrected chi connectivity index (χ2v) is 6.35. The number of hydrogen-bond acceptors (Lipinski definition) is 3. The number of carbonyl (C=O) groups is 1. The number of benzene rings is 1. The lowest BCUT2D eigenvalue weighted by Crippen LogP contribution is -2.30. The Bertz CT molecular complexity index is 736. The van der Waals surface area contributed by atoms with Crippen LogP contribution in [-0.4, -0.2) is 22.5 Å². The van der Waals surface area contributed by atoms with Gasteiger partial charge in [0.1, 0.15) is 0 Å². The van der Waals surface area contributed by atoms with Crippen molar-refractivity contribution in [3.63, 3.8) is 0 Å². The Balaban J connectivity index is 2.73. The average Bonchev–Trinajstić information content (AvgIpc) is 2.35. The van der Waals surface area contributed by atoms with Crippen molar-refractivity contribution in [2.45, 2.75) is 32.5 Å². The third-order valence-corrected chi connectivity index (χ3v) is 3.07. The molecule has 0 saturated carbocycles. The number of halogens is 4. The summed E-state index contributed by atoms with van der Waals surface area (Å²) in [6, 6.07) is 4.62. The van der Waals surface area contributed by atoms with Crippen molar-refractivity contribution in [2.75, 3.05) is 5.32 Å². The zero-order valence-corrected chi connectivity index (χ0v) is 12.9. The third-order valence-electron chi connectivity index (χ3n) is 2.83. The number of pyridine rings is 1.